The maximum absolute atomic E-state index is 4.15. The Bertz CT molecular complexity index is 285. The lowest BCUT2D eigenvalue weighted by Gasteiger charge is -2.18. The normalized spacial score (nSPS) is 13.4. The van der Waals surface area contributed by atoms with Crippen LogP contribution in [0.15, 0.2) is 0 Å². The van der Waals surface area contributed by atoms with Crippen molar-refractivity contribution in [2.45, 2.75) is 39.7 Å². The van der Waals surface area contributed by atoms with E-state index in [2.05, 4.69) is 34.9 Å². The van der Waals surface area contributed by atoms with Crippen molar-refractivity contribution in [2.75, 3.05) is 7.05 Å². The standard InChI is InChI=1S/C10H20N4S/c1-7(2)5-9(13-11-4)6-10-14-12-8(3)15-10/h7,9,11,13H,5-6H2,1-4H3/t9-/m0/s1. The van der Waals surface area contributed by atoms with Crippen LogP contribution in [0, 0.1) is 12.8 Å². The number of hydrogen-bond acceptors (Lipinski definition) is 5. The Morgan fingerprint density at radius 1 is 1.33 bits per heavy atom. The first kappa shape index (κ1) is 12.5. The molecule has 4 nitrogen and oxygen atoms in total. The number of nitrogens with one attached hydrogen (secondary N) is 2. The van der Waals surface area contributed by atoms with Crippen molar-refractivity contribution < 1.29 is 0 Å². The van der Waals surface area contributed by atoms with Gasteiger partial charge < -0.3 is 0 Å². The minimum Gasteiger partial charge on any atom is -0.261 e. The van der Waals surface area contributed by atoms with Crippen LogP contribution < -0.4 is 10.9 Å². The molecule has 5 heteroatoms. The molecule has 0 saturated heterocycles. The van der Waals surface area contributed by atoms with Gasteiger partial charge in [0.2, 0.25) is 0 Å². The molecule has 0 aliphatic carbocycles. The van der Waals surface area contributed by atoms with Crippen LogP contribution >= 0.6 is 11.3 Å². The summed E-state index contributed by atoms with van der Waals surface area (Å²) in [6, 6.07) is 0.433. The zero-order valence-corrected chi connectivity index (χ0v) is 10.7. The number of rotatable bonds is 6. The van der Waals surface area contributed by atoms with E-state index >= 15 is 0 Å². The van der Waals surface area contributed by atoms with Crippen molar-refractivity contribution in [3.63, 3.8) is 0 Å². The Labute approximate surface area is 95.5 Å². The highest BCUT2D eigenvalue weighted by molar-refractivity contribution is 7.11. The van der Waals surface area contributed by atoms with Crippen molar-refractivity contribution in [1.29, 1.82) is 0 Å². The van der Waals surface area contributed by atoms with Crippen molar-refractivity contribution >= 4 is 11.3 Å². The summed E-state index contributed by atoms with van der Waals surface area (Å²) in [7, 11) is 1.90. The Hall–Kier alpha value is -0.520. The maximum Gasteiger partial charge on any atom is 0.119 e. The number of aromatic nitrogens is 2. The lowest BCUT2D eigenvalue weighted by molar-refractivity contribution is 0.384. The van der Waals surface area contributed by atoms with Gasteiger partial charge in [-0.15, -0.1) is 21.5 Å². The molecule has 2 N–H and O–H groups in total. The average molecular weight is 228 g/mol. The largest absolute Gasteiger partial charge is 0.261 e. The highest BCUT2D eigenvalue weighted by Gasteiger charge is 2.13. The van der Waals surface area contributed by atoms with Gasteiger partial charge in [0.05, 0.1) is 0 Å². The van der Waals surface area contributed by atoms with Crippen LogP contribution in [0.5, 0.6) is 0 Å². The third kappa shape index (κ3) is 4.68. The first-order valence-electron chi connectivity index (χ1n) is 5.33. The SMILES string of the molecule is CNN[C@H](Cc1nnc(C)s1)CC(C)C. The van der Waals surface area contributed by atoms with Crippen molar-refractivity contribution in [1.82, 2.24) is 21.0 Å². The lowest BCUT2D eigenvalue weighted by Crippen LogP contribution is -2.40. The summed E-state index contributed by atoms with van der Waals surface area (Å²) in [5.74, 6) is 0.685. The van der Waals surface area contributed by atoms with Crippen LogP contribution in [-0.2, 0) is 6.42 Å². The minimum atomic E-state index is 0.433. The van der Waals surface area contributed by atoms with E-state index < -0.39 is 0 Å². The van der Waals surface area contributed by atoms with Crippen LogP contribution in [0.1, 0.15) is 30.3 Å². The van der Waals surface area contributed by atoms with Gasteiger partial charge in [0.25, 0.3) is 0 Å². The summed E-state index contributed by atoms with van der Waals surface area (Å²) >= 11 is 1.68. The van der Waals surface area contributed by atoms with E-state index in [1.807, 2.05) is 14.0 Å². The van der Waals surface area contributed by atoms with E-state index in [9.17, 15) is 0 Å². The van der Waals surface area contributed by atoms with Gasteiger partial charge in [-0.1, -0.05) is 13.8 Å². The maximum atomic E-state index is 4.15. The summed E-state index contributed by atoms with van der Waals surface area (Å²) in [6.45, 7) is 6.45. The molecule has 15 heavy (non-hydrogen) atoms. The smallest absolute Gasteiger partial charge is 0.119 e. The topological polar surface area (TPSA) is 49.8 Å². The minimum absolute atomic E-state index is 0.433. The predicted molar refractivity (Wildman–Crippen MR) is 63.8 cm³/mol. The molecule has 1 heterocycles. The molecule has 0 aliphatic heterocycles. The number of aryl methyl sites for hydroxylation is 1. The highest BCUT2D eigenvalue weighted by atomic mass is 32.1. The summed E-state index contributed by atoms with van der Waals surface area (Å²) in [6.07, 6.45) is 2.09. The van der Waals surface area contributed by atoms with Crippen LogP contribution in [0.4, 0.5) is 0 Å². The van der Waals surface area contributed by atoms with Gasteiger partial charge in [-0.3, -0.25) is 10.9 Å². The second-order valence-electron chi connectivity index (χ2n) is 4.14. The zero-order chi connectivity index (χ0) is 11.3. The van der Waals surface area contributed by atoms with Crippen LogP contribution in [-0.4, -0.2) is 23.3 Å². The van der Waals surface area contributed by atoms with Crippen molar-refractivity contribution in [3.8, 4) is 0 Å². The average Bonchev–Trinajstić information content (AvgIpc) is 2.50. The molecule has 1 rings (SSSR count). The monoisotopic (exact) mass is 228 g/mol. The molecule has 0 aromatic carbocycles. The Morgan fingerprint density at radius 3 is 2.53 bits per heavy atom. The fourth-order valence-electron chi connectivity index (χ4n) is 1.60. The van der Waals surface area contributed by atoms with Gasteiger partial charge in [-0.25, -0.2) is 0 Å². The molecule has 0 unspecified atom stereocenters. The van der Waals surface area contributed by atoms with E-state index in [0.717, 1.165) is 22.9 Å². The highest BCUT2D eigenvalue weighted by Crippen LogP contribution is 2.14. The first-order valence-corrected chi connectivity index (χ1v) is 6.14. The van der Waals surface area contributed by atoms with Gasteiger partial charge in [-0.2, -0.15) is 0 Å². The fraction of sp³-hybridized carbons (Fsp3) is 0.800. The van der Waals surface area contributed by atoms with Gasteiger partial charge in [0.1, 0.15) is 10.0 Å². The van der Waals surface area contributed by atoms with E-state index in [0.29, 0.717) is 12.0 Å². The molecule has 0 amide bonds. The van der Waals surface area contributed by atoms with E-state index in [1.54, 1.807) is 11.3 Å². The Balaban J connectivity index is 2.50. The second-order valence-corrected chi connectivity index (χ2v) is 5.41. The molecule has 0 bridgehead atoms. The van der Waals surface area contributed by atoms with E-state index in [-0.39, 0.29) is 0 Å². The third-order valence-electron chi connectivity index (χ3n) is 2.09. The van der Waals surface area contributed by atoms with Crippen LogP contribution in [0.2, 0.25) is 0 Å². The summed E-state index contributed by atoms with van der Waals surface area (Å²) in [4.78, 5) is 0. The van der Waals surface area contributed by atoms with E-state index in [4.69, 9.17) is 0 Å². The quantitative estimate of drug-likeness (QED) is 0.725. The lowest BCUT2D eigenvalue weighted by atomic mass is 10.0. The van der Waals surface area contributed by atoms with Crippen molar-refractivity contribution in [3.05, 3.63) is 10.0 Å². The summed E-state index contributed by atoms with van der Waals surface area (Å²) in [5, 5.41) is 10.3. The van der Waals surface area contributed by atoms with Crippen LogP contribution in [0.3, 0.4) is 0 Å². The molecular formula is C10H20N4S. The summed E-state index contributed by atoms with van der Waals surface area (Å²) < 4.78 is 0. The Kier molecular flexibility index (Phi) is 5.14. The van der Waals surface area contributed by atoms with Crippen LogP contribution in [0.25, 0.3) is 0 Å². The van der Waals surface area contributed by atoms with Gasteiger partial charge in [0.15, 0.2) is 0 Å². The molecule has 1 atom stereocenters. The van der Waals surface area contributed by atoms with Crippen molar-refractivity contribution in [2.24, 2.45) is 5.92 Å². The Morgan fingerprint density at radius 2 is 2.07 bits per heavy atom. The number of hydrogen-bond donors (Lipinski definition) is 2. The van der Waals surface area contributed by atoms with Gasteiger partial charge >= 0.3 is 0 Å². The zero-order valence-electron chi connectivity index (χ0n) is 9.87. The van der Waals surface area contributed by atoms with Gasteiger partial charge in [0, 0.05) is 12.5 Å². The molecule has 0 aliphatic rings. The molecule has 0 saturated carbocycles. The number of nitrogens with zero attached hydrogens (tertiary/aromatic N) is 2. The molecule has 0 fully saturated rings. The van der Waals surface area contributed by atoms with Gasteiger partial charge in [-0.05, 0) is 26.3 Å². The fourth-order valence-corrected chi connectivity index (χ4v) is 2.39. The molecule has 1 aromatic rings. The second kappa shape index (κ2) is 6.15. The summed E-state index contributed by atoms with van der Waals surface area (Å²) in [5.41, 5.74) is 6.27. The molecule has 0 spiro atoms. The molecule has 1 aromatic heterocycles. The first-order chi connectivity index (χ1) is 7.11. The predicted octanol–water partition coefficient (Wildman–Crippen LogP) is 1.53. The third-order valence-corrected chi connectivity index (χ3v) is 2.95. The number of hydrazine groups is 1. The molecule has 86 valence electrons. The van der Waals surface area contributed by atoms with E-state index in [1.165, 1.54) is 0 Å². The molecule has 0 radical (unpaired) electrons. The molecular weight excluding hydrogens is 208 g/mol.